The standard InChI is InChI=1S/C23H22FNO4/c1-15-18(23(26)27)9-6-11-20(15)25-13-16-8-5-12-21(28-2)22(16)29-14-17-7-3-4-10-19(17)24/h3-12,25H,13-14H2,1-2H3,(H,26,27). The highest BCUT2D eigenvalue weighted by Crippen LogP contribution is 2.33. The number of carboxylic acid groups (broad SMARTS) is 1. The number of carbonyl (C=O) groups is 1. The molecule has 0 aliphatic heterocycles. The van der Waals surface area contributed by atoms with Crippen molar-refractivity contribution in [2.75, 3.05) is 12.4 Å². The van der Waals surface area contributed by atoms with Gasteiger partial charge in [0.25, 0.3) is 0 Å². The van der Waals surface area contributed by atoms with Gasteiger partial charge in [0, 0.05) is 23.4 Å². The van der Waals surface area contributed by atoms with Crippen molar-refractivity contribution in [3.05, 3.63) is 88.7 Å². The number of nitrogens with one attached hydrogen (secondary N) is 1. The van der Waals surface area contributed by atoms with Crippen LogP contribution >= 0.6 is 0 Å². The van der Waals surface area contributed by atoms with Gasteiger partial charge >= 0.3 is 5.97 Å². The average molecular weight is 395 g/mol. The van der Waals surface area contributed by atoms with Gasteiger partial charge in [0.15, 0.2) is 11.5 Å². The highest BCUT2D eigenvalue weighted by molar-refractivity contribution is 5.91. The molecule has 0 bridgehead atoms. The molecule has 5 nitrogen and oxygen atoms in total. The molecule has 0 atom stereocenters. The maximum atomic E-state index is 13.9. The summed E-state index contributed by atoms with van der Waals surface area (Å²) in [5.41, 5.74) is 2.87. The fourth-order valence-electron chi connectivity index (χ4n) is 3.04. The molecule has 150 valence electrons. The Kier molecular flexibility index (Phi) is 6.34. The van der Waals surface area contributed by atoms with E-state index in [-0.39, 0.29) is 18.0 Å². The Morgan fingerprint density at radius 2 is 1.76 bits per heavy atom. The Morgan fingerprint density at radius 3 is 2.48 bits per heavy atom. The summed E-state index contributed by atoms with van der Waals surface area (Å²) >= 11 is 0. The number of halogens is 1. The zero-order valence-corrected chi connectivity index (χ0v) is 16.2. The molecule has 3 aromatic rings. The second-order valence-corrected chi connectivity index (χ2v) is 6.47. The number of hydrogen-bond acceptors (Lipinski definition) is 4. The third-order valence-corrected chi connectivity index (χ3v) is 4.64. The summed E-state index contributed by atoms with van der Waals surface area (Å²) in [6.45, 7) is 2.20. The number of ether oxygens (including phenoxy) is 2. The molecule has 0 aliphatic carbocycles. The SMILES string of the molecule is COc1cccc(CNc2cccc(C(=O)O)c2C)c1OCc1ccccc1F. The van der Waals surface area contributed by atoms with Crippen LogP contribution in [0.25, 0.3) is 0 Å². The van der Waals surface area contributed by atoms with Gasteiger partial charge in [0.2, 0.25) is 0 Å². The van der Waals surface area contributed by atoms with E-state index in [0.717, 1.165) is 5.56 Å². The Morgan fingerprint density at radius 1 is 1.03 bits per heavy atom. The van der Waals surface area contributed by atoms with Gasteiger partial charge in [-0.25, -0.2) is 9.18 Å². The summed E-state index contributed by atoms with van der Waals surface area (Å²) in [6.07, 6.45) is 0. The summed E-state index contributed by atoms with van der Waals surface area (Å²) in [5.74, 6) is -0.251. The maximum absolute atomic E-state index is 13.9. The van der Waals surface area contributed by atoms with Crippen molar-refractivity contribution in [3.8, 4) is 11.5 Å². The van der Waals surface area contributed by atoms with E-state index < -0.39 is 5.97 Å². The molecule has 0 aromatic heterocycles. The fraction of sp³-hybridized carbons (Fsp3) is 0.174. The third kappa shape index (κ3) is 4.66. The lowest BCUT2D eigenvalue weighted by molar-refractivity contribution is 0.0696. The van der Waals surface area contributed by atoms with Crippen LogP contribution in [0, 0.1) is 12.7 Å². The number of anilines is 1. The van der Waals surface area contributed by atoms with E-state index in [1.807, 2.05) is 18.2 Å². The van der Waals surface area contributed by atoms with Crippen LogP contribution in [0.3, 0.4) is 0 Å². The van der Waals surface area contributed by atoms with Gasteiger partial charge in [-0.05, 0) is 36.8 Å². The van der Waals surface area contributed by atoms with Crippen molar-refractivity contribution in [2.45, 2.75) is 20.1 Å². The van der Waals surface area contributed by atoms with Gasteiger partial charge in [-0.1, -0.05) is 36.4 Å². The Balaban J connectivity index is 1.82. The van der Waals surface area contributed by atoms with Crippen LogP contribution in [0.1, 0.15) is 27.0 Å². The monoisotopic (exact) mass is 395 g/mol. The molecule has 6 heteroatoms. The first-order valence-corrected chi connectivity index (χ1v) is 9.10. The van der Waals surface area contributed by atoms with Crippen LogP contribution < -0.4 is 14.8 Å². The molecule has 2 N–H and O–H groups in total. The Labute approximate surface area is 168 Å². The zero-order valence-electron chi connectivity index (χ0n) is 16.2. The van der Waals surface area contributed by atoms with Crippen molar-refractivity contribution >= 4 is 11.7 Å². The van der Waals surface area contributed by atoms with Crippen molar-refractivity contribution in [3.63, 3.8) is 0 Å². The van der Waals surface area contributed by atoms with E-state index >= 15 is 0 Å². The van der Waals surface area contributed by atoms with Crippen LogP contribution in [0.2, 0.25) is 0 Å². The van der Waals surface area contributed by atoms with Crippen molar-refractivity contribution in [1.82, 2.24) is 0 Å². The molecule has 0 amide bonds. The smallest absolute Gasteiger partial charge is 0.336 e. The fourth-order valence-corrected chi connectivity index (χ4v) is 3.04. The number of aromatic carboxylic acids is 1. The minimum atomic E-state index is -0.971. The quantitative estimate of drug-likeness (QED) is 0.560. The highest BCUT2D eigenvalue weighted by Gasteiger charge is 2.14. The van der Waals surface area contributed by atoms with E-state index in [4.69, 9.17) is 9.47 Å². The first-order valence-electron chi connectivity index (χ1n) is 9.10. The van der Waals surface area contributed by atoms with E-state index in [9.17, 15) is 14.3 Å². The molecule has 0 saturated carbocycles. The van der Waals surface area contributed by atoms with Gasteiger partial charge in [-0.3, -0.25) is 0 Å². The van der Waals surface area contributed by atoms with Crippen molar-refractivity contribution < 1.29 is 23.8 Å². The first-order chi connectivity index (χ1) is 14.0. The number of carboxylic acids is 1. The number of hydrogen-bond donors (Lipinski definition) is 2. The lowest BCUT2D eigenvalue weighted by atomic mass is 10.1. The number of para-hydroxylation sites is 1. The summed E-state index contributed by atoms with van der Waals surface area (Å²) in [6, 6.07) is 17.0. The van der Waals surface area contributed by atoms with E-state index in [1.54, 1.807) is 50.4 Å². The summed E-state index contributed by atoms with van der Waals surface area (Å²) in [4.78, 5) is 11.3. The van der Waals surface area contributed by atoms with Gasteiger partial charge < -0.3 is 19.9 Å². The predicted octanol–water partition coefficient (Wildman–Crippen LogP) is 5.03. The van der Waals surface area contributed by atoms with E-state index in [1.165, 1.54) is 6.07 Å². The Hall–Kier alpha value is -3.54. The van der Waals surface area contributed by atoms with Crippen LogP contribution in [-0.4, -0.2) is 18.2 Å². The van der Waals surface area contributed by atoms with E-state index in [0.29, 0.717) is 34.9 Å². The summed E-state index contributed by atoms with van der Waals surface area (Å²) in [5, 5.41) is 12.5. The summed E-state index contributed by atoms with van der Waals surface area (Å²) < 4.78 is 25.2. The molecule has 0 fully saturated rings. The second-order valence-electron chi connectivity index (χ2n) is 6.47. The molecule has 3 aromatic carbocycles. The first kappa shape index (κ1) is 20.2. The third-order valence-electron chi connectivity index (χ3n) is 4.64. The van der Waals surface area contributed by atoms with E-state index in [2.05, 4.69) is 5.32 Å². The molecule has 3 rings (SSSR count). The van der Waals surface area contributed by atoms with Crippen molar-refractivity contribution in [2.24, 2.45) is 0 Å². The van der Waals surface area contributed by atoms with Crippen LogP contribution in [0.15, 0.2) is 60.7 Å². The zero-order chi connectivity index (χ0) is 20.8. The van der Waals surface area contributed by atoms with Gasteiger partial charge in [0.1, 0.15) is 12.4 Å². The Bertz CT molecular complexity index is 1020. The summed E-state index contributed by atoms with van der Waals surface area (Å²) in [7, 11) is 1.54. The number of rotatable bonds is 8. The molecule has 0 heterocycles. The lowest BCUT2D eigenvalue weighted by Gasteiger charge is -2.17. The minimum absolute atomic E-state index is 0.0631. The van der Waals surface area contributed by atoms with Crippen LogP contribution in [-0.2, 0) is 13.2 Å². The molecular formula is C23H22FNO4. The average Bonchev–Trinajstić information content (AvgIpc) is 2.72. The predicted molar refractivity (Wildman–Crippen MR) is 109 cm³/mol. The molecular weight excluding hydrogens is 373 g/mol. The molecule has 0 spiro atoms. The van der Waals surface area contributed by atoms with Gasteiger partial charge in [-0.2, -0.15) is 0 Å². The number of benzene rings is 3. The maximum Gasteiger partial charge on any atom is 0.336 e. The highest BCUT2D eigenvalue weighted by atomic mass is 19.1. The molecule has 0 aliphatic rings. The largest absolute Gasteiger partial charge is 0.493 e. The second kappa shape index (κ2) is 9.10. The van der Waals surface area contributed by atoms with Crippen LogP contribution in [0.5, 0.6) is 11.5 Å². The molecule has 0 unspecified atom stereocenters. The number of methoxy groups -OCH3 is 1. The molecule has 0 saturated heterocycles. The molecule has 29 heavy (non-hydrogen) atoms. The van der Waals surface area contributed by atoms with Crippen molar-refractivity contribution in [1.29, 1.82) is 0 Å². The topological polar surface area (TPSA) is 67.8 Å². The van der Waals surface area contributed by atoms with Crippen LogP contribution in [0.4, 0.5) is 10.1 Å². The minimum Gasteiger partial charge on any atom is -0.493 e. The van der Waals surface area contributed by atoms with Gasteiger partial charge in [-0.15, -0.1) is 0 Å². The lowest BCUT2D eigenvalue weighted by Crippen LogP contribution is -2.08. The van der Waals surface area contributed by atoms with Gasteiger partial charge in [0.05, 0.1) is 12.7 Å². The molecule has 0 radical (unpaired) electrons. The normalized spacial score (nSPS) is 10.4.